The average molecular weight is 433 g/mol. The van der Waals surface area contributed by atoms with Crippen molar-refractivity contribution in [2.24, 2.45) is 23.7 Å². The highest BCUT2D eigenvalue weighted by Gasteiger charge is 2.42. The van der Waals surface area contributed by atoms with Gasteiger partial charge in [-0.2, -0.15) is 0 Å². The van der Waals surface area contributed by atoms with E-state index in [4.69, 9.17) is 4.74 Å². The Balaban J connectivity index is 1.69. The van der Waals surface area contributed by atoms with Gasteiger partial charge in [-0.25, -0.2) is 0 Å². The van der Waals surface area contributed by atoms with Crippen LogP contribution >= 0.6 is 0 Å². The summed E-state index contributed by atoms with van der Waals surface area (Å²) in [7, 11) is 0. The van der Waals surface area contributed by atoms with Crippen LogP contribution in [-0.2, 0) is 4.74 Å². The SMILES string of the molecule is CC1=C(C)C2O[C@](C)(CCC[C@H](C)CCC[C@H](C)CCCC(C)C)CCC2C(C)=C1O. The largest absolute Gasteiger partial charge is 0.508 e. The van der Waals surface area contributed by atoms with Crippen molar-refractivity contribution in [2.75, 3.05) is 0 Å². The van der Waals surface area contributed by atoms with Crippen molar-refractivity contribution >= 4 is 0 Å². The molecule has 0 bridgehead atoms. The highest BCUT2D eigenvalue weighted by molar-refractivity contribution is 5.40. The van der Waals surface area contributed by atoms with E-state index in [0.29, 0.717) is 11.7 Å². The Kier molecular flexibility index (Phi) is 10.2. The lowest BCUT2D eigenvalue weighted by Crippen LogP contribution is -2.45. The van der Waals surface area contributed by atoms with Crippen molar-refractivity contribution in [3.05, 3.63) is 22.5 Å². The van der Waals surface area contributed by atoms with E-state index in [0.717, 1.165) is 48.2 Å². The lowest BCUT2D eigenvalue weighted by molar-refractivity contribution is -0.128. The lowest BCUT2D eigenvalue weighted by atomic mass is 9.74. The van der Waals surface area contributed by atoms with Crippen LogP contribution in [0.2, 0.25) is 0 Å². The second kappa shape index (κ2) is 11.9. The van der Waals surface area contributed by atoms with Crippen LogP contribution in [0.3, 0.4) is 0 Å². The molecule has 2 aliphatic rings. The predicted molar refractivity (Wildman–Crippen MR) is 134 cm³/mol. The van der Waals surface area contributed by atoms with E-state index >= 15 is 0 Å². The maximum atomic E-state index is 10.4. The molecule has 5 atom stereocenters. The second-order valence-corrected chi connectivity index (χ2v) is 11.8. The van der Waals surface area contributed by atoms with Crippen molar-refractivity contribution < 1.29 is 9.84 Å². The van der Waals surface area contributed by atoms with Gasteiger partial charge in [-0.05, 0) is 81.4 Å². The van der Waals surface area contributed by atoms with E-state index in [1.54, 1.807) is 0 Å². The van der Waals surface area contributed by atoms with Crippen LogP contribution in [0.15, 0.2) is 22.5 Å². The van der Waals surface area contributed by atoms with Crippen molar-refractivity contribution in [2.45, 2.75) is 138 Å². The third kappa shape index (κ3) is 7.65. The van der Waals surface area contributed by atoms with Gasteiger partial charge in [0.05, 0.1) is 11.7 Å². The topological polar surface area (TPSA) is 29.5 Å². The van der Waals surface area contributed by atoms with Crippen molar-refractivity contribution in [3.63, 3.8) is 0 Å². The molecule has 0 spiro atoms. The van der Waals surface area contributed by atoms with E-state index in [-0.39, 0.29) is 11.7 Å². The second-order valence-electron chi connectivity index (χ2n) is 11.8. The maximum Gasteiger partial charge on any atom is 0.117 e. The first-order valence-corrected chi connectivity index (χ1v) is 13.3. The predicted octanol–water partition coefficient (Wildman–Crippen LogP) is 9.16. The number of allylic oxidation sites excluding steroid dienone is 1. The minimum atomic E-state index is -0.0133. The number of rotatable bonds is 12. The number of ether oxygens (including phenoxy) is 1. The minimum Gasteiger partial charge on any atom is -0.508 e. The minimum absolute atomic E-state index is 0.0133. The summed E-state index contributed by atoms with van der Waals surface area (Å²) >= 11 is 0. The highest BCUT2D eigenvalue weighted by Crippen LogP contribution is 2.45. The molecule has 0 saturated carbocycles. The summed E-state index contributed by atoms with van der Waals surface area (Å²) in [5.74, 6) is 3.43. The van der Waals surface area contributed by atoms with Gasteiger partial charge in [0.2, 0.25) is 0 Å². The summed E-state index contributed by atoms with van der Waals surface area (Å²) in [5.41, 5.74) is 3.37. The third-order valence-corrected chi connectivity index (χ3v) is 8.34. The zero-order valence-electron chi connectivity index (χ0n) is 22.0. The summed E-state index contributed by atoms with van der Waals surface area (Å²) in [4.78, 5) is 0. The fourth-order valence-corrected chi connectivity index (χ4v) is 5.75. The Morgan fingerprint density at radius 3 is 2.00 bits per heavy atom. The van der Waals surface area contributed by atoms with Crippen LogP contribution in [0, 0.1) is 23.7 Å². The van der Waals surface area contributed by atoms with E-state index in [2.05, 4.69) is 48.5 Å². The molecule has 2 heteroatoms. The van der Waals surface area contributed by atoms with Gasteiger partial charge in [-0.15, -0.1) is 0 Å². The van der Waals surface area contributed by atoms with Crippen molar-refractivity contribution in [1.29, 1.82) is 0 Å². The molecule has 1 aliphatic carbocycles. The van der Waals surface area contributed by atoms with Crippen LogP contribution < -0.4 is 0 Å². The van der Waals surface area contributed by atoms with E-state index in [9.17, 15) is 5.11 Å². The van der Waals surface area contributed by atoms with Crippen LogP contribution in [0.5, 0.6) is 0 Å². The molecule has 0 radical (unpaired) electrons. The summed E-state index contributed by atoms with van der Waals surface area (Å²) in [6.07, 6.45) is 14.5. The van der Waals surface area contributed by atoms with Gasteiger partial charge >= 0.3 is 0 Å². The number of hydrogen-bond donors (Lipinski definition) is 1. The van der Waals surface area contributed by atoms with Gasteiger partial charge in [0.25, 0.3) is 0 Å². The van der Waals surface area contributed by atoms with Crippen LogP contribution in [0.4, 0.5) is 0 Å². The lowest BCUT2D eigenvalue weighted by Gasteiger charge is -2.46. The molecule has 1 fully saturated rings. The standard InChI is InChI=1S/C29H52O2/c1-20(2)12-9-13-21(3)14-10-15-22(4)16-11-18-29(8)19-17-26-25(7)27(30)23(5)24(6)28(26)31-29/h20-22,26,28,30H,9-19H2,1-8H3/t21-,22-,26?,28?,29-/m1/s1. The monoisotopic (exact) mass is 432 g/mol. The summed E-state index contributed by atoms with van der Waals surface area (Å²) in [6, 6.07) is 0. The Labute approximate surface area is 193 Å². The Morgan fingerprint density at radius 2 is 1.42 bits per heavy atom. The molecule has 1 saturated heterocycles. The van der Waals surface area contributed by atoms with Gasteiger partial charge in [0.15, 0.2) is 0 Å². The van der Waals surface area contributed by atoms with Gasteiger partial charge < -0.3 is 9.84 Å². The molecule has 0 aromatic heterocycles. The fraction of sp³-hybridized carbons (Fsp3) is 0.862. The number of aliphatic hydroxyl groups is 1. The molecular formula is C29H52O2. The summed E-state index contributed by atoms with van der Waals surface area (Å²) in [6.45, 7) is 18.1. The Morgan fingerprint density at radius 1 is 0.871 bits per heavy atom. The first-order valence-electron chi connectivity index (χ1n) is 13.3. The first-order chi connectivity index (χ1) is 14.5. The summed E-state index contributed by atoms with van der Waals surface area (Å²) < 4.78 is 6.72. The van der Waals surface area contributed by atoms with Gasteiger partial charge in [-0.3, -0.25) is 0 Å². The molecule has 1 heterocycles. The van der Waals surface area contributed by atoms with Crippen molar-refractivity contribution in [3.8, 4) is 0 Å². The van der Waals surface area contributed by atoms with Crippen LogP contribution in [0.1, 0.15) is 126 Å². The van der Waals surface area contributed by atoms with E-state index < -0.39 is 0 Å². The number of fused-ring (bicyclic) bond motifs is 1. The molecule has 1 aliphatic heterocycles. The van der Waals surface area contributed by atoms with E-state index in [1.807, 2.05) is 6.92 Å². The molecule has 1 N–H and O–H groups in total. The molecule has 2 unspecified atom stereocenters. The highest BCUT2D eigenvalue weighted by atomic mass is 16.5. The zero-order chi connectivity index (χ0) is 23.2. The van der Waals surface area contributed by atoms with Crippen LogP contribution in [0.25, 0.3) is 0 Å². The smallest absolute Gasteiger partial charge is 0.117 e. The molecule has 0 amide bonds. The molecule has 0 aromatic rings. The number of aliphatic hydroxyl groups excluding tert-OH is 1. The maximum absolute atomic E-state index is 10.4. The van der Waals surface area contributed by atoms with Gasteiger partial charge in [-0.1, -0.05) is 79.1 Å². The molecule has 180 valence electrons. The number of hydrogen-bond acceptors (Lipinski definition) is 2. The molecule has 0 aromatic carbocycles. The molecule has 31 heavy (non-hydrogen) atoms. The fourth-order valence-electron chi connectivity index (χ4n) is 5.75. The van der Waals surface area contributed by atoms with Gasteiger partial charge in [0, 0.05) is 5.92 Å². The molecule has 2 nitrogen and oxygen atoms in total. The molecule has 2 rings (SSSR count). The molecular weight excluding hydrogens is 380 g/mol. The summed E-state index contributed by atoms with van der Waals surface area (Å²) in [5, 5.41) is 10.4. The Hall–Kier alpha value is -0.760. The van der Waals surface area contributed by atoms with Gasteiger partial charge in [0.1, 0.15) is 5.76 Å². The Bertz CT molecular complexity index is 629. The third-order valence-electron chi connectivity index (χ3n) is 8.34. The normalized spacial score (nSPS) is 28.8. The first kappa shape index (κ1) is 26.5. The van der Waals surface area contributed by atoms with Crippen LogP contribution in [-0.4, -0.2) is 16.8 Å². The average Bonchev–Trinajstić information content (AvgIpc) is 2.70. The van der Waals surface area contributed by atoms with E-state index in [1.165, 1.54) is 56.9 Å². The quantitative estimate of drug-likeness (QED) is 0.333. The van der Waals surface area contributed by atoms with Crippen molar-refractivity contribution in [1.82, 2.24) is 0 Å². The zero-order valence-corrected chi connectivity index (χ0v) is 22.0.